The lowest BCUT2D eigenvalue weighted by molar-refractivity contribution is 0.254. The molecule has 0 saturated carbocycles. The molecule has 2 amide bonds. The molecule has 0 radical (unpaired) electrons. The molecule has 0 bridgehead atoms. The lowest BCUT2D eigenvalue weighted by atomic mass is 10.2. The van der Waals surface area contributed by atoms with Crippen LogP contribution in [-0.2, 0) is 0 Å². The van der Waals surface area contributed by atoms with E-state index in [9.17, 15) is 4.79 Å². The Labute approximate surface area is 105 Å². The first-order chi connectivity index (χ1) is 8.15. The van der Waals surface area contributed by atoms with Gasteiger partial charge in [-0.3, -0.25) is 0 Å². The number of urea groups is 1. The number of methoxy groups -OCH3 is 2. The number of rotatable bonds is 4. The minimum Gasteiger partial charge on any atom is -0.496 e. The number of anilines is 1. The van der Waals surface area contributed by atoms with Gasteiger partial charge in [0.2, 0.25) is 0 Å². The number of carbonyl (C=O) groups excluding carboxylic acids is 1. The highest BCUT2D eigenvalue weighted by Gasteiger charge is 2.12. The molecule has 94 valence electrons. The van der Waals surface area contributed by atoms with Crippen molar-refractivity contribution >= 4 is 23.5 Å². The predicted octanol–water partition coefficient (Wildman–Crippen LogP) is 2.18. The highest BCUT2D eigenvalue weighted by Crippen LogP contribution is 2.37. The summed E-state index contributed by atoms with van der Waals surface area (Å²) in [5.41, 5.74) is 0.571. The molecular weight excluding hydrogens is 240 g/mol. The number of carbonyl (C=O) groups is 1. The van der Waals surface area contributed by atoms with Gasteiger partial charge < -0.3 is 20.1 Å². The summed E-state index contributed by atoms with van der Waals surface area (Å²) >= 11 is 1.55. The Morgan fingerprint density at radius 2 is 1.88 bits per heavy atom. The molecular formula is C11H16N2O3S. The van der Waals surface area contributed by atoms with Crippen molar-refractivity contribution in [2.45, 2.75) is 4.90 Å². The zero-order valence-corrected chi connectivity index (χ0v) is 11.1. The molecule has 17 heavy (non-hydrogen) atoms. The van der Waals surface area contributed by atoms with Gasteiger partial charge in [-0.15, -0.1) is 11.8 Å². The van der Waals surface area contributed by atoms with Gasteiger partial charge in [-0.1, -0.05) is 0 Å². The molecule has 1 aromatic rings. The van der Waals surface area contributed by atoms with E-state index in [1.165, 1.54) is 0 Å². The molecule has 0 heterocycles. The Morgan fingerprint density at radius 1 is 1.24 bits per heavy atom. The maximum Gasteiger partial charge on any atom is 0.319 e. The molecule has 0 unspecified atom stereocenters. The number of hydrogen-bond donors (Lipinski definition) is 2. The minimum atomic E-state index is -0.303. The summed E-state index contributed by atoms with van der Waals surface area (Å²) in [6.07, 6.45) is 1.95. The molecule has 0 aliphatic heterocycles. The van der Waals surface area contributed by atoms with Crippen LogP contribution in [0.3, 0.4) is 0 Å². The smallest absolute Gasteiger partial charge is 0.319 e. The third-order valence-corrected chi connectivity index (χ3v) is 2.94. The summed E-state index contributed by atoms with van der Waals surface area (Å²) < 4.78 is 10.5. The highest BCUT2D eigenvalue weighted by molar-refractivity contribution is 7.98. The molecule has 1 aromatic carbocycles. The first-order valence-electron chi connectivity index (χ1n) is 4.95. The Morgan fingerprint density at radius 3 is 2.35 bits per heavy atom. The Hall–Kier alpha value is -1.56. The fourth-order valence-electron chi connectivity index (χ4n) is 1.31. The summed E-state index contributed by atoms with van der Waals surface area (Å²) in [7, 11) is 4.70. The largest absolute Gasteiger partial charge is 0.496 e. The molecule has 6 heteroatoms. The van der Waals surface area contributed by atoms with Gasteiger partial charge >= 0.3 is 6.03 Å². The van der Waals surface area contributed by atoms with Crippen LogP contribution in [0.25, 0.3) is 0 Å². The molecule has 0 aliphatic rings. The van der Waals surface area contributed by atoms with Crippen LogP contribution in [0, 0.1) is 0 Å². The molecule has 0 fully saturated rings. The number of amides is 2. The van der Waals surface area contributed by atoms with Gasteiger partial charge in [-0.2, -0.15) is 0 Å². The lowest BCUT2D eigenvalue weighted by Gasteiger charge is -2.14. The van der Waals surface area contributed by atoms with Crippen LogP contribution >= 0.6 is 11.8 Å². The maximum atomic E-state index is 11.3. The van der Waals surface area contributed by atoms with Gasteiger partial charge in [0.1, 0.15) is 11.5 Å². The van der Waals surface area contributed by atoms with Crippen molar-refractivity contribution in [3.63, 3.8) is 0 Å². The quantitative estimate of drug-likeness (QED) is 0.811. The van der Waals surface area contributed by atoms with E-state index in [0.717, 1.165) is 4.90 Å². The number of nitrogens with one attached hydrogen (secondary N) is 2. The number of thioether (sulfide) groups is 1. The second-order valence-corrected chi connectivity index (χ2v) is 3.96. The van der Waals surface area contributed by atoms with Gasteiger partial charge in [0.25, 0.3) is 0 Å². The van der Waals surface area contributed by atoms with Gasteiger partial charge in [0.15, 0.2) is 0 Å². The molecule has 5 nitrogen and oxygen atoms in total. The average Bonchev–Trinajstić information content (AvgIpc) is 2.37. The number of hydrogen-bond acceptors (Lipinski definition) is 4. The first kappa shape index (κ1) is 13.5. The zero-order chi connectivity index (χ0) is 12.8. The van der Waals surface area contributed by atoms with Crippen molar-refractivity contribution in [2.24, 2.45) is 0 Å². The first-order valence-corrected chi connectivity index (χ1v) is 6.17. The highest BCUT2D eigenvalue weighted by atomic mass is 32.2. The van der Waals surface area contributed by atoms with Gasteiger partial charge in [-0.05, 0) is 12.3 Å². The van der Waals surface area contributed by atoms with Crippen LogP contribution in [0.2, 0.25) is 0 Å². The van der Waals surface area contributed by atoms with E-state index >= 15 is 0 Å². The zero-order valence-electron chi connectivity index (χ0n) is 10.3. The minimum absolute atomic E-state index is 0.303. The molecule has 1 rings (SSSR count). The SMILES string of the molecule is CNC(=O)Nc1cc(OC)c(SC)cc1OC. The predicted molar refractivity (Wildman–Crippen MR) is 69.4 cm³/mol. The second kappa shape index (κ2) is 6.24. The van der Waals surface area contributed by atoms with Crippen LogP contribution in [0.1, 0.15) is 0 Å². The fraction of sp³-hybridized carbons (Fsp3) is 0.364. The van der Waals surface area contributed by atoms with Crippen molar-refractivity contribution in [1.29, 1.82) is 0 Å². The van der Waals surface area contributed by atoms with Gasteiger partial charge in [-0.25, -0.2) is 4.79 Å². The van der Waals surface area contributed by atoms with Crippen LogP contribution < -0.4 is 20.1 Å². The Balaban J connectivity index is 3.14. The van der Waals surface area contributed by atoms with E-state index in [1.54, 1.807) is 39.1 Å². The van der Waals surface area contributed by atoms with E-state index in [1.807, 2.05) is 12.3 Å². The van der Waals surface area contributed by atoms with Crippen LogP contribution in [0.15, 0.2) is 17.0 Å². The molecule has 0 saturated heterocycles. The van der Waals surface area contributed by atoms with Crippen LogP contribution in [0.4, 0.5) is 10.5 Å². The standard InChI is InChI=1S/C11H16N2O3S/c1-12-11(14)13-7-5-9(16-3)10(17-4)6-8(7)15-2/h5-6H,1-4H3,(H2,12,13,14). The molecule has 0 atom stereocenters. The van der Waals surface area contributed by atoms with Crippen molar-refractivity contribution in [1.82, 2.24) is 5.32 Å². The molecule has 2 N–H and O–H groups in total. The lowest BCUT2D eigenvalue weighted by Crippen LogP contribution is -2.24. The van der Waals surface area contributed by atoms with E-state index in [4.69, 9.17) is 9.47 Å². The normalized spacial score (nSPS) is 9.65. The van der Waals surface area contributed by atoms with E-state index in [2.05, 4.69) is 10.6 Å². The number of ether oxygens (including phenoxy) is 2. The third-order valence-electron chi connectivity index (χ3n) is 2.18. The van der Waals surface area contributed by atoms with Gasteiger partial charge in [0, 0.05) is 13.1 Å². The Kier molecular flexibility index (Phi) is 4.96. The van der Waals surface area contributed by atoms with E-state index in [-0.39, 0.29) is 6.03 Å². The van der Waals surface area contributed by atoms with E-state index in [0.29, 0.717) is 17.2 Å². The number of benzene rings is 1. The molecule has 0 aromatic heterocycles. The van der Waals surface area contributed by atoms with Crippen LogP contribution in [0.5, 0.6) is 11.5 Å². The summed E-state index contributed by atoms with van der Waals surface area (Å²) in [5.74, 6) is 1.29. The summed E-state index contributed by atoms with van der Waals surface area (Å²) in [5, 5.41) is 5.15. The summed E-state index contributed by atoms with van der Waals surface area (Å²) in [6, 6.07) is 3.26. The second-order valence-electron chi connectivity index (χ2n) is 3.11. The van der Waals surface area contributed by atoms with Gasteiger partial charge in [0.05, 0.1) is 24.8 Å². The maximum absolute atomic E-state index is 11.3. The van der Waals surface area contributed by atoms with E-state index < -0.39 is 0 Å². The Bertz CT molecular complexity index is 410. The van der Waals surface area contributed by atoms with Crippen molar-refractivity contribution in [3.8, 4) is 11.5 Å². The fourth-order valence-corrected chi connectivity index (χ4v) is 1.88. The van der Waals surface area contributed by atoms with Crippen molar-refractivity contribution in [3.05, 3.63) is 12.1 Å². The topological polar surface area (TPSA) is 59.6 Å². The monoisotopic (exact) mass is 256 g/mol. The average molecular weight is 256 g/mol. The third kappa shape index (κ3) is 3.20. The summed E-state index contributed by atoms with van der Waals surface area (Å²) in [6.45, 7) is 0. The van der Waals surface area contributed by atoms with Crippen LogP contribution in [-0.4, -0.2) is 33.6 Å². The summed E-state index contributed by atoms with van der Waals surface area (Å²) in [4.78, 5) is 12.2. The van der Waals surface area contributed by atoms with Crippen molar-refractivity contribution in [2.75, 3.05) is 32.8 Å². The molecule has 0 spiro atoms. The van der Waals surface area contributed by atoms with Crippen molar-refractivity contribution < 1.29 is 14.3 Å². The molecule has 0 aliphatic carbocycles.